The van der Waals surface area contributed by atoms with Crippen molar-refractivity contribution >= 4 is 13.9 Å². The topological polar surface area (TPSA) is 44.8 Å². The van der Waals surface area contributed by atoms with Gasteiger partial charge in [-0.1, -0.05) is 60.2 Å². The maximum absolute atomic E-state index is 13.3. The summed E-state index contributed by atoms with van der Waals surface area (Å²) in [4.78, 5) is 0. The molecule has 138 valence electrons. The third kappa shape index (κ3) is 5.77. The van der Waals surface area contributed by atoms with Gasteiger partial charge in [-0.25, -0.2) is 0 Å². The Morgan fingerprint density at radius 1 is 0.667 bits per heavy atom. The van der Waals surface area contributed by atoms with Crippen LogP contribution in [0, 0.1) is 0 Å². The molecular weight excluding hydrogens is 359 g/mol. The van der Waals surface area contributed by atoms with Crippen molar-refractivity contribution in [3.05, 3.63) is 96.1 Å². The van der Waals surface area contributed by atoms with Gasteiger partial charge in [-0.05, 0) is 55.8 Å². The van der Waals surface area contributed by atoms with Gasteiger partial charge in [0.25, 0.3) is 0 Å². The molecule has 0 unspecified atom stereocenters. The van der Waals surface area contributed by atoms with Gasteiger partial charge in [0.2, 0.25) is 0 Å². The largest absolute Gasteiger partial charge is 0.647 e. The number of para-hydroxylation sites is 2. The average molecular weight is 380 g/mol. The van der Waals surface area contributed by atoms with Crippen LogP contribution >= 0.6 is 7.82 Å². The van der Waals surface area contributed by atoms with Crippen molar-refractivity contribution in [3.8, 4) is 17.2 Å². The molecule has 27 heavy (non-hydrogen) atoms. The minimum Gasteiger partial charge on any atom is -0.386 e. The van der Waals surface area contributed by atoms with E-state index >= 15 is 0 Å². The zero-order valence-corrected chi connectivity index (χ0v) is 16.1. The summed E-state index contributed by atoms with van der Waals surface area (Å²) in [5.41, 5.74) is 2.22. The predicted octanol–water partition coefficient (Wildman–Crippen LogP) is 6.75. The first-order valence-electron chi connectivity index (χ1n) is 8.56. The van der Waals surface area contributed by atoms with Crippen LogP contribution in [0.1, 0.15) is 19.4 Å². The van der Waals surface area contributed by atoms with Gasteiger partial charge in [0.05, 0.1) is 0 Å². The predicted molar refractivity (Wildman–Crippen MR) is 108 cm³/mol. The third-order valence-electron chi connectivity index (χ3n) is 3.47. The fourth-order valence-electron chi connectivity index (χ4n) is 2.36. The molecule has 5 heteroatoms. The highest BCUT2D eigenvalue weighted by molar-refractivity contribution is 7.49. The first-order valence-corrected chi connectivity index (χ1v) is 10.0. The van der Waals surface area contributed by atoms with E-state index in [2.05, 4.69) is 0 Å². The van der Waals surface area contributed by atoms with E-state index in [1.165, 1.54) is 5.57 Å². The molecule has 0 spiro atoms. The summed E-state index contributed by atoms with van der Waals surface area (Å²) in [6.45, 7) is 4.06. The Morgan fingerprint density at radius 2 is 1.07 bits per heavy atom. The van der Waals surface area contributed by atoms with Crippen molar-refractivity contribution in [2.45, 2.75) is 13.8 Å². The number of rotatable bonds is 7. The monoisotopic (exact) mass is 380 g/mol. The SMILES string of the molecule is CC(C)=Cc1ccc(OP(=O)(Oc2ccccc2)Oc2ccccc2)cc1. The molecule has 0 amide bonds. The Hall–Kier alpha value is -2.97. The first kappa shape index (κ1) is 18.8. The van der Waals surface area contributed by atoms with Crippen LogP contribution < -0.4 is 13.6 Å². The number of phosphoric acid groups is 1. The zero-order valence-electron chi connectivity index (χ0n) is 15.2. The van der Waals surface area contributed by atoms with Gasteiger partial charge < -0.3 is 13.6 Å². The van der Waals surface area contributed by atoms with Gasteiger partial charge in [0.15, 0.2) is 0 Å². The van der Waals surface area contributed by atoms with E-state index in [0.717, 1.165) is 5.56 Å². The van der Waals surface area contributed by atoms with Gasteiger partial charge >= 0.3 is 7.82 Å². The van der Waals surface area contributed by atoms with Crippen LogP contribution in [0.2, 0.25) is 0 Å². The van der Waals surface area contributed by atoms with E-state index in [-0.39, 0.29) is 0 Å². The highest BCUT2D eigenvalue weighted by Crippen LogP contribution is 2.49. The Kier molecular flexibility index (Phi) is 6.00. The molecule has 0 radical (unpaired) electrons. The van der Waals surface area contributed by atoms with Crippen molar-refractivity contribution < 1.29 is 18.1 Å². The van der Waals surface area contributed by atoms with Crippen LogP contribution in [0.5, 0.6) is 17.2 Å². The van der Waals surface area contributed by atoms with E-state index in [9.17, 15) is 4.57 Å². The summed E-state index contributed by atoms with van der Waals surface area (Å²) < 4.78 is 30.2. The summed E-state index contributed by atoms with van der Waals surface area (Å²) in [7, 11) is -3.94. The van der Waals surface area contributed by atoms with Crippen LogP contribution in [-0.2, 0) is 4.57 Å². The summed E-state index contributed by atoms with van der Waals surface area (Å²) in [5, 5.41) is 0. The van der Waals surface area contributed by atoms with Crippen molar-refractivity contribution in [1.29, 1.82) is 0 Å². The molecule has 4 nitrogen and oxygen atoms in total. The summed E-state index contributed by atoms with van der Waals surface area (Å²) in [6.07, 6.45) is 2.05. The molecule has 0 fully saturated rings. The summed E-state index contributed by atoms with van der Waals surface area (Å²) >= 11 is 0. The number of hydrogen-bond acceptors (Lipinski definition) is 4. The molecule has 0 atom stereocenters. The van der Waals surface area contributed by atoms with Crippen LogP contribution in [0.3, 0.4) is 0 Å². The molecule has 0 aliphatic heterocycles. The van der Waals surface area contributed by atoms with Gasteiger partial charge in [-0.2, -0.15) is 4.57 Å². The van der Waals surface area contributed by atoms with E-state index in [1.54, 1.807) is 60.7 Å². The van der Waals surface area contributed by atoms with Crippen LogP contribution in [0.15, 0.2) is 90.5 Å². The smallest absolute Gasteiger partial charge is 0.386 e. The van der Waals surface area contributed by atoms with E-state index < -0.39 is 7.82 Å². The van der Waals surface area contributed by atoms with Crippen molar-refractivity contribution in [2.24, 2.45) is 0 Å². The Bertz CT molecular complexity index is 886. The minimum absolute atomic E-state index is 0.399. The van der Waals surface area contributed by atoms with Gasteiger partial charge in [-0.15, -0.1) is 0 Å². The van der Waals surface area contributed by atoms with Crippen molar-refractivity contribution in [1.82, 2.24) is 0 Å². The molecule has 0 aromatic heterocycles. The molecule has 0 N–H and O–H groups in total. The molecule has 3 aromatic carbocycles. The average Bonchev–Trinajstić information content (AvgIpc) is 2.64. The third-order valence-corrected chi connectivity index (χ3v) is 4.78. The summed E-state index contributed by atoms with van der Waals surface area (Å²) in [5.74, 6) is 1.20. The van der Waals surface area contributed by atoms with E-state index in [4.69, 9.17) is 13.6 Å². The molecular formula is C22H21O4P. The highest BCUT2D eigenvalue weighted by atomic mass is 31.2. The van der Waals surface area contributed by atoms with Crippen LogP contribution in [0.25, 0.3) is 6.08 Å². The molecule has 3 rings (SSSR count). The van der Waals surface area contributed by atoms with Gasteiger partial charge in [-0.3, -0.25) is 0 Å². The number of allylic oxidation sites excluding steroid dienone is 1. The van der Waals surface area contributed by atoms with Crippen LogP contribution in [-0.4, -0.2) is 0 Å². The second-order valence-corrected chi connectivity index (χ2v) is 7.58. The number of benzene rings is 3. The fraction of sp³-hybridized carbons (Fsp3) is 0.0909. The molecule has 0 saturated carbocycles. The minimum atomic E-state index is -3.94. The molecule has 0 aliphatic rings. The number of hydrogen-bond donors (Lipinski definition) is 0. The van der Waals surface area contributed by atoms with Crippen molar-refractivity contribution in [3.63, 3.8) is 0 Å². The second-order valence-electron chi connectivity index (χ2n) is 6.14. The van der Waals surface area contributed by atoms with Crippen LogP contribution in [0.4, 0.5) is 0 Å². The lowest BCUT2D eigenvalue weighted by Crippen LogP contribution is -2.07. The molecule has 0 aliphatic carbocycles. The normalized spacial score (nSPS) is 10.7. The fourth-order valence-corrected chi connectivity index (χ4v) is 3.62. The molecule has 0 saturated heterocycles. The standard InChI is InChI=1S/C22H21O4P/c1-18(2)17-19-13-15-22(16-14-19)26-27(23,24-20-9-5-3-6-10-20)25-21-11-7-4-8-12-21/h3-17H,1-2H3. The lowest BCUT2D eigenvalue weighted by molar-refractivity contribution is 0.298. The summed E-state index contributed by atoms with van der Waals surface area (Å²) in [6, 6.07) is 24.9. The van der Waals surface area contributed by atoms with E-state index in [0.29, 0.717) is 17.2 Å². The molecule has 3 aromatic rings. The maximum atomic E-state index is 13.3. The Morgan fingerprint density at radius 3 is 1.48 bits per heavy atom. The van der Waals surface area contributed by atoms with Gasteiger partial charge in [0.1, 0.15) is 17.2 Å². The number of phosphoric ester groups is 1. The quantitative estimate of drug-likeness (QED) is 0.425. The second kappa shape index (κ2) is 8.61. The first-order chi connectivity index (χ1) is 13.0. The van der Waals surface area contributed by atoms with Crippen molar-refractivity contribution in [2.75, 3.05) is 0 Å². The Balaban J connectivity index is 1.85. The van der Waals surface area contributed by atoms with Gasteiger partial charge in [0, 0.05) is 0 Å². The maximum Gasteiger partial charge on any atom is 0.647 e. The molecule has 0 bridgehead atoms. The Labute approximate surface area is 159 Å². The highest BCUT2D eigenvalue weighted by Gasteiger charge is 2.33. The molecule has 0 heterocycles. The van der Waals surface area contributed by atoms with E-state index in [1.807, 2.05) is 44.2 Å². The lowest BCUT2D eigenvalue weighted by Gasteiger charge is -2.19. The zero-order chi connectivity index (χ0) is 19.1. The lowest BCUT2D eigenvalue weighted by atomic mass is 10.1.